The average Bonchev–Trinajstić information content (AvgIpc) is 2.37. The lowest BCUT2D eigenvalue weighted by Gasteiger charge is -2.26. The summed E-state index contributed by atoms with van der Waals surface area (Å²) in [5, 5.41) is 0. The fourth-order valence-electron chi connectivity index (χ4n) is 1.35. The first-order valence-electron chi connectivity index (χ1n) is 5.28. The van der Waals surface area contributed by atoms with E-state index in [1.165, 1.54) is 0 Å². The van der Waals surface area contributed by atoms with Crippen molar-refractivity contribution in [2.24, 2.45) is 0 Å². The Balaban J connectivity index is 1.47. The molecule has 0 saturated carbocycles. The first-order chi connectivity index (χ1) is 7.95. The first-order valence-corrected chi connectivity index (χ1v) is 10.0. The summed E-state index contributed by atoms with van der Waals surface area (Å²) in [5.74, 6) is 0. The molecule has 0 spiro atoms. The van der Waals surface area contributed by atoms with E-state index in [2.05, 4.69) is 8.61 Å². The predicted molar refractivity (Wildman–Crippen MR) is 75.1 cm³/mol. The van der Waals surface area contributed by atoms with Crippen molar-refractivity contribution >= 4 is 41.6 Å². The van der Waals surface area contributed by atoms with Crippen molar-refractivity contribution in [3.05, 3.63) is 0 Å². The van der Waals surface area contributed by atoms with Crippen LogP contribution in [0.3, 0.4) is 0 Å². The van der Waals surface area contributed by atoms with E-state index in [0.29, 0.717) is 0 Å². The minimum atomic E-state index is 0.870. The van der Waals surface area contributed by atoms with E-state index in [0.717, 1.165) is 52.6 Å². The molecule has 0 aromatic rings. The molecular weight excluding hydrogens is 284 g/mol. The van der Waals surface area contributed by atoms with Gasteiger partial charge in [-0.05, 0) is 0 Å². The average molecular weight is 300 g/mol. The van der Waals surface area contributed by atoms with Crippen LogP contribution in [-0.2, 0) is 9.47 Å². The van der Waals surface area contributed by atoms with E-state index >= 15 is 0 Å². The minimum absolute atomic E-state index is 0.870. The topological polar surface area (TPSA) is 24.9 Å². The SMILES string of the molecule is C1CN(SSSSN2CCOCC2)CCO1. The van der Waals surface area contributed by atoms with Crippen LogP contribution in [0.4, 0.5) is 0 Å². The molecule has 0 bridgehead atoms. The van der Waals surface area contributed by atoms with Crippen molar-refractivity contribution in [3.8, 4) is 0 Å². The molecule has 2 rings (SSSR count). The van der Waals surface area contributed by atoms with Crippen LogP contribution >= 0.6 is 41.6 Å². The molecule has 0 unspecified atom stereocenters. The molecule has 4 nitrogen and oxygen atoms in total. The lowest BCUT2D eigenvalue weighted by Crippen LogP contribution is -2.30. The Bertz CT molecular complexity index is 169. The molecule has 0 aromatic heterocycles. The van der Waals surface area contributed by atoms with Gasteiger partial charge in [0.2, 0.25) is 0 Å². The van der Waals surface area contributed by atoms with Gasteiger partial charge < -0.3 is 9.47 Å². The Morgan fingerprint density at radius 1 is 0.625 bits per heavy atom. The zero-order chi connectivity index (χ0) is 11.1. The standard InChI is InChI=1S/C8H16N2O2S4/c1-5-11-6-2-9(1)13-15-16-14-10-3-7-12-8-4-10/h1-8H2. The van der Waals surface area contributed by atoms with E-state index in [1.807, 2.05) is 41.6 Å². The van der Waals surface area contributed by atoms with Crippen LogP contribution in [0.15, 0.2) is 0 Å². The fraction of sp³-hybridized carbons (Fsp3) is 1.00. The second-order valence-electron chi connectivity index (χ2n) is 3.37. The van der Waals surface area contributed by atoms with Gasteiger partial charge in [-0.15, -0.1) is 0 Å². The first kappa shape index (κ1) is 13.7. The predicted octanol–water partition coefficient (Wildman–Crippen LogP) is 2.16. The van der Waals surface area contributed by atoms with Gasteiger partial charge in [0.1, 0.15) is 0 Å². The summed E-state index contributed by atoms with van der Waals surface area (Å²) in [6, 6.07) is 0. The van der Waals surface area contributed by atoms with Crippen LogP contribution < -0.4 is 0 Å². The zero-order valence-electron chi connectivity index (χ0n) is 9.00. The van der Waals surface area contributed by atoms with Gasteiger partial charge in [-0.25, -0.2) is 8.61 Å². The second-order valence-corrected chi connectivity index (χ2v) is 9.13. The van der Waals surface area contributed by atoms with Crippen molar-refractivity contribution in [2.75, 3.05) is 52.6 Å². The number of morpholine rings is 2. The summed E-state index contributed by atoms with van der Waals surface area (Å²) in [6.45, 7) is 7.65. The molecule has 2 heterocycles. The molecule has 16 heavy (non-hydrogen) atoms. The van der Waals surface area contributed by atoms with Gasteiger partial charge in [-0.3, -0.25) is 0 Å². The molecular formula is C8H16N2O2S4. The molecule has 94 valence electrons. The highest BCUT2D eigenvalue weighted by atomic mass is 33.7. The molecule has 0 aliphatic carbocycles. The van der Waals surface area contributed by atoms with E-state index in [9.17, 15) is 0 Å². The smallest absolute Gasteiger partial charge is 0.0603 e. The summed E-state index contributed by atoms with van der Waals surface area (Å²) in [5.41, 5.74) is 0. The molecule has 2 aliphatic rings. The molecule has 0 N–H and O–H groups in total. The monoisotopic (exact) mass is 300 g/mol. The maximum atomic E-state index is 5.30. The highest BCUT2D eigenvalue weighted by Crippen LogP contribution is 2.45. The van der Waals surface area contributed by atoms with Crippen molar-refractivity contribution in [1.29, 1.82) is 0 Å². The van der Waals surface area contributed by atoms with Gasteiger partial charge in [-0.1, -0.05) is 0 Å². The van der Waals surface area contributed by atoms with Crippen molar-refractivity contribution in [1.82, 2.24) is 8.61 Å². The van der Waals surface area contributed by atoms with E-state index < -0.39 is 0 Å². The Labute approximate surface area is 112 Å². The quantitative estimate of drug-likeness (QED) is 0.433. The molecule has 2 saturated heterocycles. The molecule has 2 aliphatic heterocycles. The number of hydrogen-bond donors (Lipinski definition) is 0. The fourth-order valence-corrected chi connectivity index (χ4v) is 7.07. The molecule has 0 amide bonds. The van der Waals surface area contributed by atoms with Gasteiger partial charge in [0.15, 0.2) is 0 Å². The third-order valence-corrected chi connectivity index (χ3v) is 8.46. The Kier molecular flexibility index (Phi) is 7.14. The van der Waals surface area contributed by atoms with Gasteiger partial charge in [0.05, 0.1) is 26.4 Å². The maximum Gasteiger partial charge on any atom is 0.0603 e. The van der Waals surface area contributed by atoms with E-state index in [4.69, 9.17) is 9.47 Å². The van der Waals surface area contributed by atoms with Gasteiger partial charge in [-0.2, -0.15) is 0 Å². The maximum absolute atomic E-state index is 5.30. The highest BCUT2D eigenvalue weighted by molar-refractivity contribution is 9.25. The lowest BCUT2D eigenvalue weighted by molar-refractivity contribution is 0.0778. The van der Waals surface area contributed by atoms with Crippen LogP contribution in [0.1, 0.15) is 0 Å². The second kappa shape index (κ2) is 8.36. The van der Waals surface area contributed by atoms with Crippen molar-refractivity contribution in [2.45, 2.75) is 0 Å². The number of hydrogen-bond acceptors (Lipinski definition) is 8. The molecule has 0 aromatic carbocycles. The van der Waals surface area contributed by atoms with Gasteiger partial charge in [0.25, 0.3) is 0 Å². The van der Waals surface area contributed by atoms with Crippen LogP contribution in [-0.4, -0.2) is 61.2 Å². The van der Waals surface area contributed by atoms with Gasteiger partial charge >= 0.3 is 0 Å². The number of rotatable bonds is 5. The largest absolute Gasteiger partial charge is 0.379 e. The normalized spacial score (nSPS) is 24.8. The van der Waals surface area contributed by atoms with E-state index in [-0.39, 0.29) is 0 Å². The lowest BCUT2D eigenvalue weighted by atomic mass is 10.5. The summed E-state index contributed by atoms with van der Waals surface area (Å²) in [7, 11) is 7.36. The summed E-state index contributed by atoms with van der Waals surface area (Å²) in [6.07, 6.45) is 0. The van der Waals surface area contributed by atoms with Crippen LogP contribution in [0, 0.1) is 0 Å². The summed E-state index contributed by atoms with van der Waals surface area (Å²) < 4.78 is 15.3. The Morgan fingerprint density at radius 2 is 1.00 bits per heavy atom. The summed E-state index contributed by atoms with van der Waals surface area (Å²) >= 11 is 0. The van der Waals surface area contributed by atoms with Crippen LogP contribution in [0.5, 0.6) is 0 Å². The molecule has 0 atom stereocenters. The number of ether oxygens (including phenoxy) is 2. The van der Waals surface area contributed by atoms with Crippen LogP contribution in [0.2, 0.25) is 0 Å². The third kappa shape index (κ3) is 5.26. The van der Waals surface area contributed by atoms with Gasteiger partial charge in [0, 0.05) is 67.8 Å². The van der Waals surface area contributed by atoms with Crippen molar-refractivity contribution in [3.63, 3.8) is 0 Å². The van der Waals surface area contributed by atoms with Crippen molar-refractivity contribution < 1.29 is 9.47 Å². The summed E-state index contributed by atoms with van der Waals surface area (Å²) in [4.78, 5) is 0. The third-order valence-electron chi connectivity index (χ3n) is 2.24. The van der Waals surface area contributed by atoms with E-state index in [1.54, 1.807) is 0 Å². The minimum Gasteiger partial charge on any atom is -0.379 e. The highest BCUT2D eigenvalue weighted by Gasteiger charge is 2.13. The molecule has 2 fully saturated rings. The van der Waals surface area contributed by atoms with Crippen LogP contribution in [0.25, 0.3) is 0 Å². The zero-order valence-corrected chi connectivity index (χ0v) is 12.3. The molecule has 8 heteroatoms. The molecule has 0 radical (unpaired) electrons. The Hall–Kier alpha value is 1.24. The number of nitrogens with zero attached hydrogens (tertiary/aromatic N) is 2. The Morgan fingerprint density at radius 3 is 1.38 bits per heavy atom.